The van der Waals surface area contributed by atoms with Crippen molar-refractivity contribution < 1.29 is 9.18 Å². The fourth-order valence-corrected chi connectivity index (χ4v) is 4.40. The van der Waals surface area contributed by atoms with Crippen molar-refractivity contribution in [2.75, 3.05) is 25.0 Å². The van der Waals surface area contributed by atoms with Gasteiger partial charge in [0, 0.05) is 25.8 Å². The first-order chi connectivity index (χ1) is 13.5. The predicted molar refractivity (Wildman–Crippen MR) is 114 cm³/mol. The lowest BCUT2D eigenvalue weighted by atomic mass is 10.1. The lowest BCUT2D eigenvalue weighted by Gasteiger charge is -2.18. The average Bonchev–Trinajstić information content (AvgIpc) is 3.31. The molecular formula is C22H22FN3OS. The number of anilines is 1. The van der Waals surface area contributed by atoms with Gasteiger partial charge in [0.1, 0.15) is 11.5 Å². The first kappa shape index (κ1) is 18.7. The molecule has 0 unspecified atom stereocenters. The largest absolute Gasteiger partial charge is 0.372 e. The molecule has 0 aliphatic carbocycles. The number of amides is 1. The van der Waals surface area contributed by atoms with Crippen LogP contribution in [0, 0.1) is 12.7 Å². The Kier molecular flexibility index (Phi) is 5.22. The molecule has 4 nitrogen and oxygen atoms in total. The van der Waals surface area contributed by atoms with Gasteiger partial charge in [0.2, 0.25) is 0 Å². The lowest BCUT2D eigenvalue weighted by molar-refractivity contribution is -0.121. The second kappa shape index (κ2) is 7.80. The molecule has 0 bridgehead atoms. The minimum atomic E-state index is -0.401. The number of carbonyl (C=O) groups is 1. The third kappa shape index (κ3) is 3.69. The maximum Gasteiger partial charge on any atom is 0.266 e. The zero-order chi connectivity index (χ0) is 19.7. The molecule has 0 N–H and O–H groups in total. The Bertz CT molecular complexity index is 979. The first-order valence-electron chi connectivity index (χ1n) is 9.39. The number of hydrogen-bond donors (Lipinski definition) is 0. The molecule has 2 fully saturated rings. The van der Waals surface area contributed by atoms with Crippen molar-refractivity contribution in [1.29, 1.82) is 0 Å². The van der Waals surface area contributed by atoms with Gasteiger partial charge in [-0.25, -0.2) is 9.38 Å². The molecule has 0 atom stereocenters. The topological polar surface area (TPSA) is 35.9 Å². The molecule has 28 heavy (non-hydrogen) atoms. The minimum absolute atomic E-state index is 0.122. The Morgan fingerprint density at radius 3 is 2.61 bits per heavy atom. The fraction of sp³-hybridized carbons (Fsp3) is 0.273. The molecule has 0 spiro atoms. The van der Waals surface area contributed by atoms with E-state index < -0.39 is 5.82 Å². The van der Waals surface area contributed by atoms with Gasteiger partial charge in [-0.1, -0.05) is 18.2 Å². The van der Waals surface area contributed by atoms with E-state index in [0.29, 0.717) is 10.1 Å². The minimum Gasteiger partial charge on any atom is -0.372 e. The van der Waals surface area contributed by atoms with Crippen LogP contribution in [0.25, 0.3) is 6.08 Å². The summed E-state index contributed by atoms with van der Waals surface area (Å²) < 4.78 is 13.9. The van der Waals surface area contributed by atoms with Gasteiger partial charge in [-0.2, -0.15) is 0 Å². The Balaban J connectivity index is 1.60. The van der Waals surface area contributed by atoms with Gasteiger partial charge in [0.05, 0.1) is 4.91 Å². The number of aliphatic imine (C=N–C) groups is 1. The van der Waals surface area contributed by atoms with Crippen LogP contribution >= 0.6 is 11.8 Å². The lowest BCUT2D eigenvalue weighted by Crippen LogP contribution is -2.23. The Labute approximate surface area is 168 Å². The van der Waals surface area contributed by atoms with Gasteiger partial charge in [0.15, 0.2) is 5.17 Å². The number of nitrogens with zero attached hydrogens (tertiary/aromatic N) is 3. The van der Waals surface area contributed by atoms with E-state index in [0.717, 1.165) is 24.2 Å². The SMILES string of the molecule is Cc1cc(N2CCCC2)ccc1/C=C1/SC(=Nc2ccccc2F)N(C)C1=O. The van der Waals surface area contributed by atoms with Gasteiger partial charge in [-0.05, 0) is 73.0 Å². The van der Waals surface area contributed by atoms with Crippen molar-refractivity contribution in [3.8, 4) is 0 Å². The van der Waals surface area contributed by atoms with Crippen LogP contribution in [0.2, 0.25) is 0 Å². The standard InChI is InChI=1S/C22H22FN3OS/c1-15-13-17(26-11-5-6-12-26)10-9-16(15)14-20-21(27)25(2)22(28-20)24-19-8-4-3-7-18(19)23/h3-4,7-10,13-14H,5-6,11-12H2,1-2H3/b20-14+,24-22?. The third-order valence-electron chi connectivity index (χ3n) is 5.08. The summed E-state index contributed by atoms with van der Waals surface area (Å²) in [4.78, 5) is 21.4. The summed E-state index contributed by atoms with van der Waals surface area (Å²) >= 11 is 1.27. The Morgan fingerprint density at radius 1 is 1.14 bits per heavy atom. The Hall–Kier alpha value is -2.60. The number of thioether (sulfide) groups is 1. The summed E-state index contributed by atoms with van der Waals surface area (Å²) in [5, 5.41) is 0.479. The molecular weight excluding hydrogens is 373 g/mol. The van der Waals surface area contributed by atoms with E-state index in [9.17, 15) is 9.18 Å². The smallest absolute Gasteiger partial charge is 0.266 e. The number of benzene rings is 2. The predicted octanol–water partition coefficient (Wildman–Crippen LogP) is 4.97. The number of halogens is 1. The number of amidine groups is 1. The number of para-hydroxylation sites is 1. The van der Waals surface area contributed by atoms with Crippen LogP contribution in [0.3, 0.4) is 0 Å². The van der Waals surface area contributed by atoms with Gasteiger partial charge < -0.3 is 4.90 Å². The molecule has 2 aliphatic heterocycles. The highest BCUT2D eigenvalue weighted by Gasteiger charge is 2.30. The maximum atomic E-state index is 13.9. The van der Waals surface area contributed by atoms with E-state index in [1.807, 2.05) is 6.08 Å². The van der Waals surface area contributed by atoms with E-state index in [-0.39, 0.29) is 11.6 Å². The van der Waals surface area contributed by atoms with Crippen molar-refractivity contribution in [3.05, 3.63) is 64.3 Å². The van der Waals surface area contributed by atoms with Crippen molar-refractivity contribution in [2.24, 2.45) is 4.99 Å². The van der Waals surface area contributed by atoms with Crippen LogP contribution in [-0.2, 0) is 4.79 Å². The van der Waals surface area contributed by atoms with Crippen LogP contribution in [-0.4, -0.2) is 36.1 Å². The summed E-state index contributed by atoms with van der Waals surface area (Å²) in [6, 6.07) is 12.7. The molecule has 0 radical (unpaired) electrons. The van der Waals surface area contributed by atoms with E-state index in [2.05, 4.69) is 35.0 Å². The van der Waals surface area contributed by atoms with Gasteiger partial charge in [-0.15, -0.1) is 0 Å². The number of hydrogen-bond acceptors (Lipinski definition) is 4. The number of likely N-dealkylation sites (N-methyl/N-ethyl adjacent to an activating group) is 1. The second-order valence-corrected chi connectivity index (χ2v) is 8.06. The summed E-state index contributed by atoms with van der Waals surface area (Å²) in [5.74, 6) is -0.523. The zero-order valence-electron chi connectivity index (χ0n) is 16.0. The van der Waals surface area contributed by atoms with Crippen LogP contribution in [0.1, 0.15) is 24.0 Å². The highest BCUT2D eigenvalue weighted by Crippen LogP contribution is 2.34. The quantitative estimate of drug-likeness (QED) is 0.689. The van der Waals surface area contributed by atoms with Crippen LogP contribution in [0.15, 0.2) is 52.4 Å². The molecule has 2 aliphatic rings. The fourth-order valence-electron chi connectivity index (χ4n) is 3.43. The molecule has 0 aromatic heterocycles. The van der Waals surface area contributed by atoms with Crippen molar-refractivity contribution in [2.45, 2.75) is 19.8 Å². The van der Waals surface area contributed by atoms with Crippen molar-refractivity contribution >= 4 is 40.3 Å². The molecule has 2 aromatic carbocycles. The van der Waals surface area contributed by atoms with E-state index >= 15 is 0 Å². The van der Waals surface area contributed by atoms with Crippen LogP contribution in [0.4, 0.5) is 15.8 Å². The maximum absolute atomic E-state index is 13.9. The number of carbonyl (C=O) groups excluding carboxylic acids is 1. The molecule has 144 valence electrons. The third-order valence-corrected chi connectivity index (χ3v) is 6.14. The number of aryl methyl sites for hydroxylation is 1. The van der Waals surface area contributed by atoms with E-state index in [1.165, 1.54) is 41.3 Å². The van der Waals surface area contributed by atoms with Crippen LogP contribution in [0.5, 0.6) is 0 Å². The summed E-state index contributed by atoms with van der Waals surface area (Å²) in [5.41, 5.74) is 3.62. The van der Waals surface area contributed by atoms with Gasteiger partial charge in [0.25, 0.3) is 5.91 Å². The first-order valence-corrected chi connectivity index (χ1v) is 10.2. The molecule has 6 heteroatoms. The average molecular weight is 396 g/mol. The molecule has 1 amide bonds. The molecule has 2 heterocycles. The molecule has 2 saturated heterocycles. The summed E-state index contributed by atoms with van der Waals surface area (Å²) in [7, 11) is 1.67. The highest BCUT2D eigenvalue weighted by molar-refractivity contribution is 8.18. The monoisotopic (exact) mass is 395 g/mol. The van der Waals surface area contributed by atoms with Crippen molar-refractivity contribution in [3.63, 3.8) is 0 Å². The van der Waals surface area contributed by atoms with Crippen LogP contribution < -0.4 is 4.90 Å². The van der Waals surface area contributed by atoms with Gasteiger partial charge in [-0.3, -0.25) is 9.69 Å². The summed E-state index contributed by atoms with van der Waals surface area (Å²) in [6.07, 6.45) is 4.38. The zero-order valence-corrected chi connectivity index (χ0v) is 16.8. The second-order valence-electron chi connectivity index (χ2n) is 7.06. The Morgan fingerprint density at radius 2 is 1.89 bits per heavy atom. The molecule has 2 aromatic rings. The van der Waals surface area contributed by atoms with E-state index in [1.54, 1.807) is 25.2 Å². The van der Waals surface area contributed by atoms with E-state index in [4.69, 9.17) is 0 Å². The molecule has 4 rings (SSSR count). The van der Waals surface area contributed by atoms with Gasteiger partial charge >= 0.3 is 0 Å². The molecule has 0 saturated carbocycles. The highest BCUT2D eigenvalue weighted by atomic mass is 32.2. The number of rotatable bonds is 3. The normalized spacial score (nSPS) is 20.0. The summed E-state index contributed by atoms with van der Waals surface area (Å²) in [6.45, 7) is 4.28. The van der Waals surface area contributed by atoms with Crippen molar-refractivity contribution in [1.82, 2.24) is 4.90 Å².